The zero-order valence-electron chi connectivity index (χ0n) is 13.3. The number of fused-ring (bicyclic) bond motifs is 1. The van der Waals surface area contributed by atoms with Gasteiger partial charge in [-0.05, 0) is 25.0 Å². The molecule has 0 aromatic carbocycles. The van der Waals surface area contributed by atoms with Crippen LogP contribution in [0.4, 0.5) is 11.6 Å². The zero-order valence-corrected chi connectivity index (χ0v) is 13.3. The van der Waals surface area contributed by atoms with Crippen molar-refractivity contribution in [3.05, 3.63) is 36.5 Å². The molecule has 3 aromatic rings. The summed E-state index contributed by atoms with van der Waals surface area (Å²) in [6.45, 7) is 3.61. The number of hydrogen-bond acceptors (Lipinski definition) is 7. The van der Waals surface area contributed by atoms with E-state index in [4.69, 9.17) is 0 Å². The largest absolute Gasteiger partial charge is 0.365 e. The van der Waals surface area contributed by atoms with Crippen molar-refractivity contribution >= 4 is 17.3 Å². The van der Waals surface area contributed by atoms with E-state index in [-0.39, 0.29) is 0 Å². The molecule has 0 N–H and O–H groups in total. The van der Waals surface area contributed by atoms with Gasteiger partial charge in [-0.2, -0.15) is 9.61 Å². The lowest BCUT2D eigenvalue weighted by molar-refractivity contribution is 0.638. The molecular formula is C16H18N8. The van der Waals surface area contributed by atoms with Crippen LogP contribution >= 0.6 is 0 Å². The molecule has 1 saturated heterocycles. The molecule has 0 atom stereocenters. The summed E-state index contributed by atoms with van der Waals surface area (Å²) in [7, 11) is 0. The Morgan fingerprint density at radius 1 is 0.958 bits per heavy atom. The Balaban J connectivity index is 1.41. The average Bonchev–Trinajstić information content (AvgIpc) is 3.39. The normalized spacial score (nSPS) is 18.3. The van der Waals surface area contributed by atoms with Gasteiger partial charge in [0.1, 0.15) is 6.33 Å². The number of hydrogen-bond donors (Lipinski definition) is 0. The summed E-state index contributed by atoms with van der Waals surface area (Å²) in [6.07, 6.45) is 7.75. The number of aromatic nitrogens is 6. The minimum Gasteiger partial charge on any atom is -0.365 e. The van der Waals surface area contributed by atoms with E-state index < -0.39 is 0 Å². The highest BCUT2D eigenvalue weighted by Crippen LogP contribution is 2.40. The van der Waals surface area contributed by atoms with Crippen molar-refractivity contribution < 1.29 is 0 Å². The molecule has 2 fully saturated rings. The fourth-order valence-corrected chi connectivity index (χ4v) is 3.24. The van der Waals surface area contributed by atoms with Crippen molar-refractivity contribution in [2.75, 3.05) is 36.0 Å². The Labute approximate surface area is 139 Å². The molecule has 0 unspecified atom stereocenters. The number of rotatable bonds is 3. The highest BCUT2D eigenvalue weighted by molar-refractivity contribution is 5.69. The minimum atomic E-state index is 0.606. The van der Waals surface area contributed by atoms with Crippen LogP contribution in [0.15, 0.2) is 30.9 Å². The van der Waals surface area contributed by atoms with Gasteiger partial charge in [0.05, 0.1) is 11.4 Å². The first kappa shape index (κ1) is 13.6. The van der Waals surface area contributed by atoms with Crippen molar-refractivity contribution in [2.24, 2.45) is 0 Å². The topological polar surface area (TPSA) is 75.3 Å². The van der Waals surface area contributed by atoms with Crippen molar-refractivity contribution in [3.63, 3.8) is 0 Å². The molecule has 1 aliphatic heterocycles. The third kappa shape index (κ3) is 2.34. The summed E-state index contributed by atoms with van der Waals surface area (Å²) in [6, 6.07) is 4.05. The van der Waals surface area contributed by atoms with Gasteiger partial charge < -0.3 is 9.80 Å². The number of anilines is 2. The fourth-order valence-electron chi connectivity index (χ4n) is 3.24. The molecule has 0 radical (unpaired) electrons. The molecule has 8 heteroatoms. The highest BCUT2D eigenvalue weighted by Gasteiger charge is 2.28. The molecule has 2 aliphatic rings. The lowest BCUT2D eigenvalue weighted by atomic mass is 10.2. The van der Waals surface area contributed by atoms with Gasteiger partial charge in [-0.1, -0.05) is 0 Å². The van der Waals surface area contributed by atoms with Crippen LogP contribution in [0.3, 0.4) is 0 Å². The second kappa shape index (κ2) is 5.40. The van der Waals surface area contributed by atoms with E-state index in [1.807, 2.05) is 10.6 Å². The first-order valence-electron chi connectivity index (χ1n) is 8.36. The van der Waals surface area contributed by atoms with Gasteiger partial charge in [0, 0.05) is 44.5 Å². The first-order valence-corrected chi connectivity index (χ1v) is 8.36. The van der Waals surface area contributed by atoms with Gasteiger partial charge in [-0.25, -0.2) is 9.97 Å². The summed E-state index contributed by atoms with van der Waals surface area (Å²) in [4.78, 5) is 13.3. The number of nitrogens with zero attached hydrogens (tertiary/aromatic N) is 8. The maximum Gasteiger partial charge on any atom is 0.225 e. The molecule has 8 nitrogen and oxygen atoms in total. The van der Waals surface area contributed by atoms with Crippen LogP contribution in [0.25, 0.3) is 5.65 Å². The van der Waals surface area contributed by atoms with E-state index in [1.54, 1.807) is 18.7 Å². The summed E-state index contributed by atoms with van der Waals surface area (Å²) < 4.78 is 1.82. The van der Waals surface area contributed by atoms with E-state index in [0.717, 1.165) is 49.2 Å². The van der Waals surface area contributed by atoms with Gasteiger partial charge >= 0.3 is 0 Å². The Morgan fingerprint density at radius 2 is 1.71 bits per heavy atom. The second-order valence-corrected chi connectivity index (χ2v) is 6.35. The van der Waals surface area contributed by atoms with E-state index in [1.165, 1.54) is 12.8 Å². The molecule has 0 amide bonds. The van der Waals surface area contributed by atoms with Crippen LogP contribution in [0.1, 0.15) is 24.5 Å². The van der Waals surface area contributed by atoms with Gasteiger partial charge in [-0.3, -0.25) is 0 Å². The van der Waals surface area contributed by atoms with E-state index >= 15 is 0 Å². The van der Waals surface area contributed by atoms with Crippen LogP contribution in [0.5, 0.6) is 0 Å². The molecule has 0 bridgehead atoms. The van der Waals surface area contributed by atoms with E-state index in [0.29, 0.717) is 5.92 Å². The number of piperazine rings is 1. The smallest absolute Gasteiger partial charge is 0.225 e. The van der Waals surface area contributed by atoms with Crippen molar-refractivity contribution in [1.82, 2.24) is 29.8 Å². The summed E-state index contributed by atoms with van der Waals surface area (Å²) in [5.41, 5.74) is 3.13. The summed E-state index contributed by atoms with van der Waals surface area (Å²) in [5.74, 6) is 1.41. The molecule has 4 heterocycles. The zero-order chi connectivity index (χ0) is 15.9. The molecule has 1 saturated carbocycles. The maximum atomic E-state index is 4.65. The molecule has 3 aromatic heterocycles. The van der Waals surface area contributed by atoms with Crippen LogP contribution in [-0.2, 0) is 0 Å². The lowest BCUT2D eigenvalue weighted by Gasteiger charge is -2.36. The fraction of sp³-hybridized carbons (Fsp3) is 0.438. The van der Waals surface area contributed by atoms with Crippen LogP contribution in [-0.4, -0.2) is 56.0 Å². The predicted octanol–water partition coefficient (Wildman–Crippen LogP) is 1.12. The van der Waals surface area contributed by atoms with Gasteiger partial charge in [-0.15, -0.1) is 10.2 Å². The van der Waals surface area contributed by atoms with Crippen molar-refractivity contribution in [3.8, 4) is 0 Å². The van der Waals surface area contributed by atoms with E-state index in [9.17, 15) is 0 Å². The Hall–Kier alpha value is -2.77. The second-order valence-electron chi connectivity index (χ2n) is 6.35. The van der Waals surface area contributed by atoms with Crippen LogP contribution < -0.4 is 9.80 Å². The molecule has 122 valence electrons. The van der Waals surface area contributed by atoms with Gasteiger partial charge in [0.15, 0.2) is 0 Å². The third-order valence-corrected chi connectivity index (χ3v) is 4.72. The van der Waals surface area contributed by atoms with Crippen molar-refractivity contribution in [2.45, 2.75) is 18.8 Å². The quantitative estimate of drug-likeness (QED) is 0.715. The summed E-state index contributed by atoms with van der Waals surface area (Å²) in [5, 5.41) is 12.9. The van der Waals surface area contributed by atoms with Crippen LogP contribution in [0.2, 0.25) is 0 Å². The standard InChI is InChI=1S/C16H18N8/c1-4-17-16(18-5-1)23-8-6-22(7-9-23)14-10-13(12-2-3-12)21-24-11-19-20-15(14)24/h1,4-5,10-12H,2-3,6-9H2. The Bertz CT molecular complexity index is 849. The first-order chi connectivity index (χ1) is 11.9. The molecule has 24 heavy (non-hydrogen) atoms. The van der Waals surface area contributed by atoms with Crippen molar-refractivity contribution in [1.29, 1.82) is 0 Å². The maximum absolute atomic E-state index is 4.65. The molecule has 5 rings (SSSR count). The van der Waals surface area contributed by atoms with Crippen LogP contribution in [0, 0.1) is 0 Å². The highest BCUT2D eigenvalue weighted by atomic mass is 15.4. The molecule has 0 spiro atoms. The summed E-state index contributed by atoms with van der Waals surface area (Å²) >= 11 is 0. The lowest BCUT2D eigenvalue weighted by Crippen LogP contribution is -2.47. The minimum absolute atomic E-state index is 0.606. The van der Waals surface area contributed by atoms with Gasteiger partial charge in [0.25, 0.3) is 0 Å². The third-order valence-electron chi connectivity index (χ3n) is 4.72. The predicted molar refractivity (Wildman–Crippen MR) is 89.2 cm³/mol. The Morgan fingerprint density at radius 3 is 2.46 bits per heavy atom. The molecule has 1 aliphatic carbocycles. The van der Waals surface area contributed by atoms with E-state index in [2.05, 4.69) is 41.1 Å². The SMILES string of the molecule is c1cnc(N2CCN(c3cc(C4CC4)nn4cnnc34)CC2)nc1. The Kier molecular flexibility index (Phi) is 3.07. The monoisotopic (exact) mass is 322 g/mol. The average molecular weight is 322 g/mol. The molecular weight excluding hydrogens is 304 g/mol. The van der Waals surface area contributed by atoms with Gasteiger partial charge in [0.2, 0.25) is 11.6 Å².